The minimum atomic E-state index is -2.00. The molecule has 3 aliphatic rings. The van der Waals surface area contributed by atoms with Gasteiger partial charge in [-0.1, -0.05) is 12.1 Å². The molecule has 2 aromatic rings. The fraction of sp³-hybridized carbons (Fsp3) is 0.500. The van der Waals surface area contributed by atoms with E-state index in [1.807, 2.05) is 0 Å². The lowest BCUT2D eigenvalue weighted by Gasteiger charge is -2.42. The van der Waals surface area contributed by atoms with Crippen molar-refractivity contribution in [2.75, 3.05) is 19.8 Å². The summed E-state index contributed by atoms with van der Waals surface area (Å²) in [5.74, 6) is -0.340. The van der Waals surface area contributed by atoms with Gasteiger partial charge < -0.3 is 59.1 Å². The van der Waals surface area contributed by atoms with Crippen molar-refractivity contribution < 1.29 is 68.6 Å². The summed E-state index contributed by atoms with van der Waals surface area (Å²) in [6.45, 7) is -0.519. The first-order valence-electron chi connectivity index (χ1n) is 13.2. The van der Waals surface area contributed by atoms with Gasteiger partial charge in [-0.05, 0) is 29.8 Å². The number of carbonyl (C=O) groups is 2. The molecule has 0 aromatic heterocycles. The van der Waals surface area contributed by atoms with Crippen LogP contribution in [0.25, 0.3) is 0 Å². The summed E-state index contributed by atoms with van der Waals surface area (Å²) in [6.07, 6.45) is -11.2. The predicted octanol–water partition coefficient (Wildman–Crippen LogP) is -0.687. The van der Waals surface area contributed by atoms with Crippen molar-refractivity contribution >= 4 is 11.8 Å². The Balaban J connectivity index is 1.33. The van der Waals surface area contributed by atoms with Crippen LogP contribution in [0, 0.1) is 0 Å². The lowest BCUT2D eigenvalue weighted by molar-refractivity contribution is -0.319. The summed E-state index contributed by atoms with van der Waals surface area (Å²) in [5, 5.41) is 61.4. The number of phenolic OH excluding ortho intramolecular Hbond substituents is 1. The van der Waals surface area contributed by atoms with Gasteiger partial charge in [0, 0.05) is 13.0 Å². The number of aromatic hydroxyl groups is 1. The molecule has 14 heteroatoms. The molecule has 2 fully saturated rings. The number of hydrogen-bond donors (Lipinski definition) is 6. The minimum absolute atomic E-state index is 0.0360. The number of fused-ring (bicyclic) bond motifs is 1. The Morgan fingerprint density at radius 2 is 1.81 bits per heavy atom. The molecule has 5 rings (SSSR count). The molecule has 0 unspecified atom stereocenters. The van der Waals surface area contributed by atoms with Crippen molar-refractivity contribution in [3.63, 3.8) is 0 Å². The van der Waals surface area contributed by atoms with E-state index in [2.05, 4.69) is 0 Å². The van der Waals surface area contributed by atoms with Gasteiger partial charge in [-0.25, -0.2) is 0 Å². The van der Waals surface area contributed by atoms with Crippen molar-refractivity contribution in [2.24, 2.45) is 0 Å². The van der Waals surface area contributed by atoms with Crippen LogP contribution in [0.1, 0.15) is 35.4 Å². The van der Waals surface area contributed by atoms with Gasteiger partial charge in [0.15, 0.2) is 18.2 Å². The molecule has 0 spiro atoms. The topological polar surface area (TPSA) is 211 Å². The van der Waals surface area contributed by atoms with E-state index in [0.29, 0.717) is 11.1 Å². The molecule has 0 bridgehead atoms. The number of aliphatic hydroxyl groups is 5. The van der Waals surface area contributed by atoms with Crippen molar-refractivity contribution in [1.29, 1.82) is 0 Å². The van der Waals surface area contributed by atoms with Crippen LogP contribution >= 0.6 is 0 Å². The van der Waals surface area contributed by atoms with E-state index >= 15 is 0 Å². The number of carbonyl (C=O) groups excluding carboxylic acids is 2. The van der Waals surface area contributed by atoms with Crippen LogP contribution in [-0.4, -0.2) is 111 Å². The monoisotopic (exact) mass is 592 g/mol. The Morgan fingerprint density at radius 3 is 2.48 bits per heavy atom. The number of ether oxygens (including phenoxy) is 6. The van der Waals surface area contributed by atoms with Gasteiger partial charge in [0.05, 0.1) is 25.2 Å². The van der Waals surface area contributed by atoms with Crippen LogP contribution in [0.3, 0.4) is 0 Å². The van der Waals surface area contributed by atoms with Crippen molar-refractivity contribution in [1.82, 2.24) is 0 Å². The highest BCUT2D eigenvalue weighted by Crippen LogP contribution is 2.38. The molecule has 228 valence electrons. The SMILES string of the molecule is CC(=O)OC[C@H]1O[C@@H](Oc2ccc([C@@H]3CC(=O)c4ccc(O)cc4O3)cc2)[C@H](O[C@@H]2OC[C@](O)(CO)[C@H]2O)[C@@H](O)[C@@H]1O. The fourth-order valence-corrected chi connectivity index (χ4v) is 4.94. The smallest absolute Gasteiger partial charge is 0.302 e. The zero-order valence-corrected chi connectivity index (χ0v) is 22.4. The largest absolute Gasteiger partial charge is 0.508 e. The molecule has 0 amide bonds. The van der Waals surface area contributed by atoms with Crippen molar-refractivity contribution in [3.05, 3.63) is 53.6 Å². The normalized spacial score (nSPS) is 34.4. The number of phenols is 1. The number of esters is 1. The number of aliphatic hydroxyl groups excluding tert-OH is 4. The molecule has 14 nitrogen and oxygen atoms in total. The maximum atomic E-state index is 12.6. The first-order chi connectivity index (χ1) is 20.0. The maximum Gasteiger partial charge on any atom is 0.302 e. The van der Waals surface area contributed by atoms with Gasteiger partial charge in [-0.15, -0.1) is 0 Å². The second-order valence-corrected chi connectivity index (χ2v) is 10.4. The molecule has 2 aromatic carbocycles. The van der Waals surface area contributed by atoms with E-state index in [4.69, 9.17) is 28.4 Å². The van der Waals surface area contributed by atoms with Crippen LogP contribution in [-0.2, 0) is 23.7 Å². The molecule has 0 saturated carbocycles. The Hall–Kier alpha value is -3.34. The van der Waals surface area contributed by atoms with Crippen LogP contribution in [0.2, 0.25) is 0 Å². The first kappa shape index (κ1) is 30.1. The zero-order chi connectivity index (χ0) is 30.2. The van der Waals surface area contributed by atoms with Crippen LogP contribution < -0.4 is 9.47 Å². The van der Waals surface area contributed by atoms with Crippen LogP contribution in [0.15, 0.2) is 42.5 Å². The molecule has 3 aliphatic heterocycles. The number of rotatable bonds is 8. The van der Waals surface area contributed by atoms with E-state index in [-0.39, 0.29) is 29.5 Å². The first-order valence-corrected chi connectivity index (χ1v) is 13.2. The van der Waals surface area contributed by atoms with Gasteiger partial charge in [-0.3, -0.25) is 9.59 Å². The number of ketones is 1. The van der Waals surface area contributed by atoms with E-state index < -0.39 is 80.6 Å². The zero-order valence-electron chi connectivity index (χ0n) is 22.4. The Morgan fingerprint density at radius 1 is 1.07 bits per heavy atom. The van der Waals surface area contributed by atoms with E-state index in [1.165, 1.54) is 25.1 Å². The number of hydrogen-bond acceptors (Lipinski definition) is 14. The van der Waals surface area contributed by atoms with Crippen molar-refractivity contribution in [2.45, 2.75) is 68.1 Å². The number of benzene rings is 2. The molecule has 0 radical (unpaired) electrons. The quantitative estimate of drug-likeness (QED) is 0.210. The minimum Gasteiger partial charge on any atom is -0.508 e. The molecule has 3 heterocycles. The molecule has 42 heavy (non-hydrogen) atoms. The highest BCUT2D eigenvalue weighted by molar-refractivity contribution is 6.00. The third kappa shape index (κ3) is 6.07. The van der Waals surface area contributed by atoms with Gasteiger partial charge in [0.1, 0.15) is 60.0 Å². The number of Topliss-reactive ketones (excluding diaryl/α,β-unsaturated/α-hetero) is 1. The standard InChI is InChI=1S/C28H32O14/c1-13(30)37-10-21-22(33)23(34)24(42-27-25(35)28(36,11-29)12-38-27)26(41-21)39-16-5-2-14(3-6-16)19-9-18(32)17-7-4-15(31)8-20(17)40-19/h2-8,19,21-27,29,31,33-36H,9-12H2,1H3/t19-,21+,22+,23-,24+,25-,26+,27-,28+/m0/s1. The Kier molecular flexibility index (Phi) is 8.68. The summed E-state index contributed by atoms with van der Waals surface area (Å²) < 4.78 is 33.6. The average molecular weight is 593 g/mol. The third-order valence-electron chi connectivity index (χ3n) is 7.38. The predicted molar refractivity (Wildman–Crippen MR) is 137 cm³/mol. The fourth-order valence-electron chi connectivity index (χ4n) is 4.94. The van der Waals surface area contributed by atoms with Gasteiger partial charge in [0.25, 0.3) is 0 Å². The summed E-state index contributed by atoms with van der Waals surface area (Å²) in [6, 6.07) is 10.7. The van der Waals surface area contributed by atoms with E-state index in [1.54, 1.807) is 24.3 Å². The van der Waals surface area contributed by atoms with Gasteiger partial charge >= 0.3 is 5.97 Å². The summed E-state index contributed by atoms with van der Waals surface area (Å²) in [4.78, 5) is 23.9. The summed E-state index contributed by atoms with van der Waals surface area (Å²) in [5.41, 5.74) is -0.992. The molecule has 0 aliphatic carbocycles. The Labute approximate surface area is 239 Å². The van der Waals surface area contributed by atoms with Crippen LogP contribution in [0.4, 0.5) is 0 Å². The van der Waals surface area contributed by atoms with Crippen molar-refractivity contribution in [3.8, 4) is 17.2 Å². The molecular formula is C28H32O14. The maximum absolute atomic E-state index is 12.6. The molecule has 9 atom stereocenters. The third-order valence-corrected chi connectivity index (χ3v) is 7.38. The second-order valence-electron chi connectivity index (χ2n) is 10.4. The van der Waals surface area contributed by atoms with Crippen LogP contribution in [0.5, 0.6) is 17.2 Å². The highest BCUT2D eigenvalue weighted by Gasteiger charge is 2.53. The average Bonchev–Trinajstić information content (AvgIpc) is 3.25. The lowest BCUT2D eigenvalue weighted by Crippen LogP contribution is -2.62. The highest BCUT2D eigenvalue weighted by atomic mass is 16.8. The van der Waals surface area contributed by atoms with Gasteiger partial charge in [-0.2, -0.15) is 0 Å². The Bertz CT molecular complexity index is 1280. The summed E-state index contributed by atoms with van der Waals surface area (Å²) in [7, 11) is 0. The van der Waals surface area contributed by atoms with E-state index in [9.17, 15) is 40.2 Å². The molecule has 6 N–H and O–H groups in total. The van der Waals surface area contributed by atoms with Gasteiger partial charge in [0.2, 0.25) is 6.29 Å². The molecular weight excluding hydrogens is 560 g/mol. The lowest BCUT2D eigenvalue weighted by atomic mass is 9.96. The second kappa shape index (κ2) is 12.1. The summed E-state index contributed by atoms with van der Waals surface area (Å²) >= 11 is 0. The molecule has 2 saturated heterocycles. The van der Waals surface area contributed by atoms with E-state index in [0.717, 1.165) is 0 Å².